The van der Waals surface area contributed by atoms with Crippen LogP contribution in [0, 0.1) is 0 Å². The summed E-state index contributed by atoms with van der Waals surface area (Å²) in [6.07, 6.45) is -1.66. The maximum atomic E-state index is 13.2. The largest absolute Gasteiger partial charge is 0.464 e. The Labute approximate surface area is 158 Å². The summed E-state index contributed by atoms with van der Waals surface area (Å²) in [5.74, 6) is 0.547. The second-order valence-corrected chi connectivity index (χ2v) is 8.20. The first-order chi connectivity index (χ1) is 12.3. The number of anilines is 1. The molecule has 0 radical (unpaired) electrons. The number of hydrogen-bond donors (Lipinski definition) is 1. The predicted molar refractivity (Wildman–Crippen MR) is 97.3 cm³/mol. The van der Waals surface area contributed by atoms with Gasteiger partial charge in [0, 0.05) is 12.8 Å². The molecule has 1 aromatic carbocycles. The van der Waals surface area contributed by atoms with E-state index >= 15 is 0 Å². The molecule has 0 fully saturated rings. The molecule has 9 nitrogen and oxygen atoms in total. The number of thioether (sulfide) groups is 1. The van der Waals surface area contributed by atoms with E-state index in [1.807, 2.05) is 0 Å². The summed E-state index contributed by atoms with van der Waals surface area (Å²) in [6.45, 7) is 0.374. The second-order valence-electron chi connectivity index (χ2n) is 5.06. The lowest BCUT2D eigenvalue weighted by molar-refractivity contribution is 0.160. The van der Waals surface area contributed by atoms with Crippen LogP contribution >= 0.6 is 23.4 Å². The summed E-state index contributed by atoms with van der Waals surface area (Å²) in [5, 5.41) is 17.0. The first-order valence-electron chi connectivity index (χ1n) is 7.23. The van der Waals surface area contributed by atoms with Crippen LogP contribution in [0.5, 0.6) is 0 Å². The molecule has 2 heterocycles. The van der Waals surface area contributed by atoms with Crippen molar-refractivity contribution in [2.24, 2.45) is 12.2 Å². The molecule has 2 aromatic rings. The van der Waals surface area contributed by atoms with Crippen molar-refractivity contribution in [1.82, 2.24) is 9.78 Å². The van der Waals surface area contributed by atoms with Gasteiger partial charge in [0.05, 0.1) is 11.3 Å². The Morgan fingerprint density at radius 2 is 2.08 bits per heavy atom. The van der Waals surface area contributed by atoms with Gasteiger partial charge in [0.1, 0.15) is 11.7 Å². The van der Waals surface area contributed by atoms with Gasteiger partial charge in [0.15, 0.2) is 10.2 Å². The van der Waals surface area contributed by atoms with Gasteiger partial charge in [-0.2, -0.15) is 17.8 Å². The Bertz CT molecular complexity index is 975. The van der Waals surface area contributed by atoms with Gasteiger partial charge in [0.2, 0.25) is 0 Å². The van der Waals surface area contributed by atoms with E-state index in [1.54, 1.807) is 6.07 Å². The fourth-order valence-corrected chi connectivity index (χ4v) is 5.25. The van der Waals surface area contributed by atoms with E-state index in [-0.39, 0.29) is 30.8 Å². The minimum atomic E-state index is -4.54. The molecule has 1 amide bonds. The molecule has 12 heteroatoms. The van der Waals surface area contributed by atoms with Crippen LogP contribution in [0.25, 0.3) is 0 Å². The smallest absolute Gasteiger partial charge is 0.426 e. The number of para-hydroxylation sites is 1. The molecule has 26 heavy (non-hydrogen) atoms. The number of carboxylic acid groups (broad SMARTS) is 1. The van der Waals surface area contributed by atoms with Gasteiger partial charge in [-0.3, -0.25) is 4.68 Å². The fourth-order valence-electron chi connectivity index (χ4n) is 2.38. The lowest BCUT2D eigenvalue weighted by atomic mass is 10.3. The van der Waals surface area contributed by atoms with Gasteiger partial charge in [-0.1, -0.05) is 46.7 Å². The van der Waals surface area contributed by atoms with Gasteiger partial charge in [-0.25, -0.2) is 4.79 Å². The van der Waals surface area contributed by atoms with Gasteiger partial charge < -0.3 is 9.94 Å². The summed E-state index contributed by atoms with van der Waals surface area (Å²) < 4.78 is 27.7. The molecule has 138 valence electrons. The first kappa shape index (κ1) is 18.5. The molecule has 0 spiro atoms. The number of hydrogen-bond acceptors (Lipinski definition) is 7. The molecule has 0 saturated heterocycles. The van der Waals surface area contributed by atoms with E-state index in [4.69, 9.17) is 16.4 Å². The van der Waals surface area contributed by atoms with Gasteiger partial charge in [0.25, 0.3) is 10.0 Å². The number of oxime groups is 1. The number of aromatic nitrogens is 2. The molecule has 0 bridgehead atoms. The zero-order valence-corrected chi connectivity index (χ0v) is 15.8. The van der Waals surface area contributed by atoms with Crippen LogP contribution in [-0.4, -0.2) is 46.8 Å². The first-order valence-corrected chi connectivity index (χ1v) is 10.0. The van der Waals surface area contributed by atoms with Crippen molar-refractivity contribution in [2.45, 2.75) is 5.03 Å². The third kappa shape index (κ3) is 3.24. The highest BCUT2D eigenvalue weighted by molar-refractivity contribution is 8.14. The lowest BCUT2D eigenvalue weighted by Gasteiger charge is -2.20. The average Bonchev–Trinajstić information content (AvgIpc) is 2.91. The summed E-state index contributed by atoms with van der Waals surface area (Å²) in [4.78, 5) is 16.8. The molecule has 1 aliphatic heterocycles. The number of aryl methyl sites for hydroxylation is 1. The van der Waals surface area contributed by atoms with E-state index < -0.39 is 16.1 Å². The molecule has 0 saturated carbocycles. The zero-order chi connectivity index (χ0) is 18.9. The number of halogens is 1. The third-order valence-electron chi connectivity index (χ3n) is 3.38. The van der Waals surface area contributed by atoms with Gasteiger partial charge >= 0.3 is 6.09 Å². The predicted octanol–water partition coefficient (Wildman–Crippen LogP) is 2.37. The summed E-state index contributed by atoms with van der Waals surface area (Å²) in [7, 11) is -3.18. The zero-order valence-electron chi connectivity index (χ0n) is 13.4. The Balaban J connectivity index is 2.21. The van der Waals surface area contributed by atoms with E-state index in [0.717, 1.165) is 4.68 Å². The number of rotatable bonds is 4. The molecule has 0 unspecified atom stereocenters. The topological polar surface area (TPSA) is 114 Å². The number of sulfonamides is 1. The maximum Gasteiger partial charge on any atom is 0.426 e. The Hall–Kier alpha value is -2.24. The maximum absolute atomic E-state index is 13.2. The minimum absolute atomic E-state index is 0.0149. The number of carbonyl (C=O) groups is 1. The SMILES string of the molecule is Cn1nc(Cl)c(C2=NOCCS2)c1S(=O)(=O)N(C(=O)O)c1ccccc1. The van der Waals surface area contributed by atoms with Gasteiger partial charge in [-0.15, -0.1) is 0 Å². The van der Waals surface area contributed by atoms with Crippen LogP contribution in [0.3, 0.4) is 0 Å². The van der Waals surface area contributed by atoms with Gasteiger partial charge in [-0.05, 0) is 12.1 Å². The number of nitrogens with zero attached hydrogens (tertiary/aromatic N) is 4. The van der Waals surface area contributed by atoms with Crippen molar-refractivity contribution < 1.29 is 23.2 Å². The van der Waals surface area contributed by atoms with Crippen molar-refractivity contribution in [3.8, 4) is 0 Å². The van der Waals surface area contributed by atoms with Crippen LogP contribution < -0.4 is 4.31 Å². The van der Waals surface area contributed by atoms with E-state index in [0.29, 0.717) is 12.4 Å². The minimum Gasteiger partial charge on any atom is -0.464 e. The highest BCUT2D eigenvalue weighted by Crippen LogP contribution is 2.33. The molecule has 0 atom stereocenters. The number of amides is 1. The molecule has 1 aromatic heterocycles. The van der Waals surface area contributed by atoms with Crippen LogP contribution in [0.2, 0.25) is 5.15 Å². The van der Waals surface area contributed by atoms with Crippen LogP contribution in [0.4, 0.5) is 10.5 Å². The summed E-state index contributed by atoms with van der Waals surface area (Å²) in [6, 6.07) is 7.46. The molecule has 0 aliphatic carbocycles. The number of benzene rings is 1. The monoisotopic (exact) mass is 416 g/mol. The standard InChI is InChI=1S/C14H13ClN4O5S2/c1-18-13(10(11(15)16-18)12-17-24-7-8-25-12)26(22,23)19(14(20)21)9-5-3-2-4-6-9/h2-6H,7-8H2,1H3,(H,20,21). The highest BCUT2D eigenvalue weighted by Gasteiger charge is 2.38. The molecular weight excluding hydrogens is 404 g/mol. The van der Waals surface area contributed by atoms with Crippen molar-refractivity contribution in [1.29, 1.82) is 0 Å². The van der Waals surface area contributed by atoms with Crippen molar-refractivity contribution in [3.63, 3.8) is 0 Å². The molecule has 1 N–H and O–H groups in total. The third-order valence-corrected chi connectivity index (χ3v) is 6.37. The van der Waals surface area contributed by atoms with E-state index in [1.165, 1.54) is 43.1 Å². The molecule has 1 aliphatic rings. The lowest BCUT2D eigenvalue weighted by Crippen LogP contribution is -2.37. The Kier molecular flexibility index (Phi) is 5.12. The van der Waals surface area contributed by atoms with E-state index in [2.05, 4.69) is 10.3 Å². The molecular formula is C14H13ClN4O5S2. The summed E-state index contributed by atoms with van der Waals surface area (Å²) in [5.41, 5.74) is -0.0150. The normalized spacial score (nSPS) is 14.5. The Morgan fingerprint density at radius 1 is 1.38 bits per heavy atom. The van der Waals surface area contributed by atoms with Crippen LogP contribution in [0.15, 0.2) is 40.5 Å². The van der Waals surface area contributed by atoms with E-state index in [9.17, 15) is 18.3 Å². The second kappa shape index (κ2) is 7.17. The molecule has 3 rings (SSSR count). The quantitative estimate of drug-likeness (QED) is 0.813. The highest BCUT2D eigenvalue weighted by atomic mass is 35.5. The fraction of sp³-hybridized carbons (Fsp3) is 0.214. The van der Waals surface area contributed by atoms with Crippen molar-refractivity contribution in [2.75, 3.05) is 16.7 Å². The Morgan fingerprint density at radius 3 is 2.65 bits per heavy atom. The average molecular weight is 417 g/mol. The van der Waals surface area contributed by atoms with Crippen LogP contribution in [-0.2, 0) is 21.9 Å². The summed E-state index contributed by atoms with van der Waals surface area (Å²) >= 11 is 7.35. The van der Waals surface area contributed by atoms with Crippen molar-refractivity contribution >= 4 is 50.2 Å². The van der Waals surface area contributed by atoms with Crippen LogP contribution in [0.1, 0.15) is 5.56 Å². The van der Waals surface area contributed by atoms with Crippen molar-refractivity contribution in [3.05, 3.63) is 41.0 Å².